The second-order valence-corrected chi connectivity index (χ2v) is 8.10. The summed E-state index contributed by atoms with van der Waals surface area (Å²) >= 11 is 0. The third-order valence-electron chi connectivity index (χ3n) is 5.83. The highest BCUT2D eigenvalue weighted by Gasteiger charge is 2.22. The van der Waals surface area contributed by atoms with Gasteiger partial charge in [0.15, 0.2) is 5.96 Å². The predicted octanol–water partition coefficient (Wildman–Crippen LogP) is 1.55. The average Bonchev–Trinajstić information content (AvgIpc) is 2.77. The number of hydrogen-bond donors (Lipinski definition) is 3. The number of rotatable bonds is 8. The molecule has 1 saturated heterocycles. The van der Waals surface area contributed by atoms with Gasteiger partial charge >= 0.3 is 5.97 Å². The highest BCUT2D eigenvalue weighted by atomic mass is 35.5. The van der Waals surface area contributed by atoms with E-state index >= 15 is 0 Å². The van der Waals surface area contributed by atoms with Gasteiger partial charge in [-0.3, -0.25) is 19.9 Å². The van der Waals surface area contributed by atoms with Crippen LogP contribution in [0.2, 0.25) is 0 Å². The molecule has 1 fully saturated rings. The van der Waals surface area contributed by atoms with Crippen molar-refractivity contribution in [1.29, 1.82) is 5.41 Å². The second-order valence-electron chi connectivity index (χ2n) is 8.10. The van der Waals surface area contributed by atoms with Crippen LogP contribution in [0.15, 0.2) is 18.2 Å². The molecule has 0 unspecified atom stereocenters. The number of likely N-dealkylation sites (tertiary alicyclic amines) is 1. The van der Waals surface area contributed by atoms with Crippen LogP contribution in [0.25, 0.3) is 0 Å². The molecule has 1 amide bonds. The van der Waals surface area contributed by atoms with Crippen molar-refractivity contribution in [2.75, 3.05) is 45.9 Å². The summed E-state index contributed by atoms with van der Waals surface area (Å²) in [6.45, 7) is 6.01. The molecule has 0 aliphatic carbocycles. The minimum atomic E-state index is -0.414. The fourth-order valence-corrected chi connectivity index (χ4v) is 4.00. The quantitative estimate of drug-likeness (QED) is 0.279. The molecule has 9 nitrogen and oxygen atoms in total. The molecular weight excluding hydrogens is 469 g/mol. The maximum absolute atomic E-state index is 12.0. The fraction of sp³-hybridized carbons (Fsp3) is 0.591. The second kappa shape index (κ2) is 14.1. The van der Waals surface area contributed by atoms with Crippen LogP contribution >= 0.6 is 24.8 Å². The zero-order chi connectivity index (χ0) is 22.2. The maximum Gasteiger partial charge on any atom is 0.325 e. The number of benzene rings is 1. The number of ether oxygens (including phenoxy) is 2. The molecule has 4 N–H and O–H groups in total. The predicted molar refractivity (Wildman–Crippen MR) is 131 cm³/mol. The van der Waals surface area contributed by atoms with Gasteiger partial charge in [-0.2, -0.15) is 0 Å². The molecule has 0 atom stereocenters. The van der Waals surface area contributed by atoms with Gasteiger partial charge in [0.2, 0.25) is 5.91 Å². The van der Waals surface area contributed by atoms with Crippen LogP contribution in [0.4, 0.5) is 0 Å². The lowest BCUT2D eigenvalue weighted by atomic mass is 9.97. The van der Waals surface area contributed by atoms with Gasteiger partial charge < -0.3 is 25.4 Å². The van der Waals surface area contributed by atoms with E-state index in [2.05, 4.69) is 22.3 Å². The van der Waals surface area contributed by atoms with Crippen molar-refractivity contribution in [2.45, 2.75) is 32.7 Å². The van der Waals surface area contributed by atoms with E-state index < -0.39 is 5.97 Å². The molecule has 1 aromatic carbocycles. The van der Waals surface area contributed by atoms with Crippen LogP contribution in [0.5, 0.6) is 5.75 Å². The third-order valence-corrected chi connectivity index (χ3v) is 5.83. The van der Waals surface area contributed by atoms with Crippen molar-refractivity contribution in [3.63, 3.8) is 0 Å². The van der Waals surface area contributed by atoms with Gasteiger partial charge in [0, 0.05) is 13.1 Å². The number of fused-ring (bicyclic) bond motifs is 1. The Morgan fingerprint density at radius 1 is 1.18 bits per heavy atom. The van der Waals surface area contributed by atoms with Crippen LogP contribution in [0, 0.1) is 11.3 Å². The van der Waals surface area contributed by atoms with Gasteiger partial charge in [-0.05, 0) is 68.5 Å². The summed E-state index contributed by atoms with van der Waals surface area (Å²) in [5.74, 6) is 0.839. The van der Waals surface area contributed by atoms with Crippen molar-refractivity contribution in [3.05, 3.63) is 29.3 Å². The van der Waals surface area contributed by atoms with Crippen LogP contribution in [-0.2, 0) is 27.3 Å². The van der Waals surface area contributed by atoms with Crippen LogP contribution < -0.4 is 15.8 Å². The molecule has 186 valence electrons. The van der Waals surface area contributed by atoms with Crippen molar-refractivity contribution < 1.29 is 19.1 Å². The Labute approximate surface area is 207 Å². The summed E-state index contributed by atoms with van der Waals surface area (Å²) in [4.78, 5) is 27.3. The topological polar surface area (TPSA) is 121 Å². The number of nitrogens with one attached hydrogen (secondary N) is 2. The minimum Gasteiger partial charge on any atom is -0.493 e. The van der Waals surface area contributed by atoms with E-state index in [0.29, 0.717) is 32.2 Å². The first-order valence-corrected chi connectivity index (χ1v) is 10.9. The molecule has 0 saturated carbocycles. The molecule has 2 aliphatic heterocycles. The number of amides is 1. The number of guanidine groups is 1. The summed E-state index contributed by atoms with van der Waals surface area (Å²) in [6, 6.07) is 6.19. The Kier molecular flexibility index (Phi) is 12.3. The molecule has 2 heterocycles. The summed E-state index contributed by atoms with van der Waals surface area (Å²) in [7, 11) is 0. The lowest BCUT2D eigenvalue weighted by molar-refractivity contribution is -0.143. The molecule has 0 radical (unpaired) electrons. The van der Waals surface area contributed by atoms with Gasteiger partial charge in [0.1, 0.15) is 12.3 Å². The summed E-state index contributed by atoms with van der Waals surface area (Å²) in [5.41, 5.74) is 8.09. The Hall–Kier alpha value is -2.23. The number of hydrogen-bond acceptors (Lipinski definition) is 6. The van der Waals surface area contributed by atoms with Crippen molar-refractivity contribution in [2.24, 2.45) is 11.7 Å². The first-order valence-electron chi connectivity index (χ1n) is 10.9. The zero-order valence-corrected chi connectivity index (χ0v) is 20.6. The SMILES string of the molecule is CCOC(=O)CNC(=O)CN1CCC(COc2ccc3c(c2)CN(C(=N)N)CC3)CC1.Cl.Cl. The van der Waals surface area contributed by atoms with Crippen LogP contribution in [0.1, 0.15) is 30.9 Å². The van der Waals surface area contributed by atoms with Gasteiger partial charge in [-0.25, -0.2) is 0 Å². The van der Waals surface area contributed by atoms with Gasteiger partial charge in [0.05, 0.1) is 19.8 Å². The van der Waals surface area contributed by atoms with Gasteiger partial charge in [0.25, 0.3) is 0 Å². The number of nitrogens with two attached hydrogens (primary N) is 1. The maximum atomic E-state index is 12.0. The number of carbonyl (C=O) groups excluding carboxylic acids is 2. The average molecular weight is 504 g/mol. The third kappa shape index (κ3) is 8.91. The molecule has 1 aromatic rings. The first-order chi connectivity index (χ1) is 14.9. The largest absolute Gasteiger partial charge is 0.493 e. The van der Waals surface area contributed by atoms with Crippen LogP contribution in [0.3, 0.4) is 0 Å². The molecule has 33 heavy (non-hydrogen) atoms. The van der Waals surface area contributed by atoms with Crippen molar-refractivity contribution in [3.8, 4) is 5.75 Å². The molecule has 11 heteroatoms. The molecule has 2 aliphatic rings. The summed E-state index contributed by atoms with van der Waals surface area (Å²) in [6.07, 6.45) is 2.82. The number of piperidine rings is 1. The highest BCUT2D eigenvalue weighted by Crippen LogP contribution is 2.25. The smallest absolute Gasteiger partial charge is 0.325 e. The first kappa shape index (κ1) is 28.8. The fourth-order valence-electron chi connectivity index (χ4n) is 4.00. The normalized spacial score (nSPS) is 16.0. The number of halogens is 2. The van der Waals surface area contributed by atoms with E-state index in [1.54, 1.807) is 6.92 Å². The lowest BCUT2D eigenvalue weighted by Crippen LogP contribution is -2.43. The van der Waals surface area contributed by atoms with E-state index in [1.807, 2.05) is 11.0 Å². The van der Waals surface area contributed by atoms with E-state index in [-0.39, 0.29) is 43.2 Å². The molecule has 0 bridgehead atoms. The summed E-state index contributed by atoms with van der Waals surface area (Å²) < 4.78 is 10.9. The number of esters is 1. The van der Waals surface area contributed by atoms with E-state index in [1.165, 1.54) is 11.1 Å². The molecule has 3 rings (SSSR count). The van der Waals surface area contributed by atoms with Gasteiger partial charge in [-0.1, -0.05) is 6.07 Å². The lowest BCUT2D eigenvalue weighted by Gasteiger charge is -2.31. The minimum absolute atomic E-state index is 0. The van der Waals surface area contributed by atoms with Crippen molar-refractivity contribution in [1.82, 2.24) is 15.1 Å². The zero-order valence-electron chi connectivity index (χ0n) is 19.0. The molecule has 0 aromatic heterocycles. The standard InChI is InChI=1S/C22H33N5O4.2ClH/c1-2-30-21(29)12-25-20(28)14-26-8-5-16(6-9-26)15-31-19-4-3-17-7-10-27(22(23)24)13-18(17)11-19;;/h3-4,11,16H,2,5-10,12-15H2,1H3,(H3,23,24)(H,25,28);2*1H. The Morgan fingerprint density at radius 2 is 1.91 bits per heavy atom. The monoisotopic (exact) mass is 503 g/mol. The number of nitrogens with zero attached hydrogens (tertiary/aromatic N) is 2. The Morgan fingerprint density at radius 3 is 2.58 bits per heavy atom. The Balaban J connectivity index is 0.00000272. The number of carbonyl (C=O) groups is 2. The van der Waals surface area contributed by atoms with E-state index in [4.69, 9.17) is 20.6 Å². The van der Waals surface area contributed by atoms with Crippen molar-refractivity contribution >= 4 is 42.7 Å². The highest BCUT2D eigenvalue weighted by molar-refractivity contribution is 5.85. The summed E-state index contributed by atoms with van der Waals surface area (Å²) in [5, 5.41) is 10.2. The van der Waals surface area contributed by atoms with E-state index in [0.717, 1.165) is 44.6 Å². The van der Waals surface area contributed by atoms with Gasteiger partial charge in [-0.15, -0.1) is 24.8 Å². The van der Waals surface area contributed by atoms with E-state index in [9.17, 15) is 9.59 Å². The molecule has 0 spiro atoms. The molecular formula is C22H35Cl2N5O4. The Bertz CT molecular complexity index is 803. The van der Waals surface area contributed by atoms with Crippen LogP contribution in [-0.4, -0.2) is 73.6 Å².